The van der Waals surface area contributed by atoms with Crippen molar-refractivity contribution in [2.45, 2.75) is 17.1 Å². The molecule has 0 amide bonds. The fraction of sp³-hybridized carbons (Fsp3) is 0.133. The van der Waals surface area contributed by atoms with E-state index in [0.717, 1.165) is 47.4 Å². The molecule has 0 aliphatic heterocycles. The van der Waals surface area contributed by atoms with Crippen LogP contribution in [0.1, 0.15) is 17.2 Å². The number of halogens is 4. The van der Waals surface area contributed by atoms with Crippen molar-refractivity contribution in [3.8, 4) is 6.07 Å². The minimum absolute atomic E-state index is 0.0577. The highest BCUT2D eigenvalue weighted by atomic mass is 32.2. The number of hydrogen-bond donors (Lipinski definition) is 1. The zero-order chi connectivity index (χ0) is 19.8. The molecule has 0 bridgehead atoms. The Balaban J connectivity index is 2.00. The van der Waals surface area contributed by atoms with E-state index in [-0.39, 0.29) is 11.2 Å². The summed E-state index contributed by atoms with van der Waals surface area (Å²) in [5.41, 5.74) is -0.346. The zero-order valence-electron chi connectivity index (χ0n) is 13.1. The summed E-state index contributed by atoms with van der Waals surface area (Å²) in [7, 11) is -4.66. The second kappa shape index (κ2) is 6.60. The van der Waals surface area contributed by atoms with Gasteiger partial charge < -0.3 is 0 Å². The molecule has 2 aromatic heterocycles. The van der Waals surface area contributed by atoms with Crippen LogP contribution in [0.25, 0.3) is 5.65 Å². The first-order valence-electron chi connectivity index (χ1n) is 7.20. The summed E-state index contributed by atoms with van der Waals surface area (Å²) in [4.78, 5) is 3.18. The topological polar surface area (TPSA) is 100 Å². The van der Waals surface area contributed by atoms with Gasteiger partial charge >= 0.3 is 6.18 Å². The molecule has 1 aromatic carbocycles. The summed E-state index contributed by atoms with van der Waals surface area (Å²) in [5, 5.41) is 12.6. The van der Waals surface area contributed by atoms with Gasteiger partial charge in [0.1, 0.15) is 28.4 Å². The van der Waals surface area contributed by atoms with E-state index in [1.165, 1.54) is 0 Å². The molecule has 0 fully saturated rings. The number of hydrogen-bond acceptors (Lipinski definition) is 5. The van der Waals surface area contributed by atoms with Gasteiger partial charge in [0.05, 0.1) is 18.6 Å². The molecule has 27 heavy (non-hydrogen) atoms. The predicted molar refractivity (Wildman–Crippen MR) is 83.2 cm³/mol. The molecule has 140 valence electrons. The van der Waals surface area contributed by atoms with Gasteiger partial charge in [0.2, 0.25) is 10.0 Å². The number of nitrogens with zero attached hydrogens (tertiary/aromatic N) is 4. The Morgan fingerprint density at radius 2 is 1.85 bits per heavy atom. The summed E-state index contributed by atoms with van der Waals surface area (Å²) in [5.74, 6) is -0.760. The molecule has 3 aromatic rings. The molecule has 0 aliphatic rings. The molecular formula is C15H9F4N5O2S. The first-order valence-corrected chi connectivity index (χ1v) is 8.68. The second-order valence-electron chi connectivity index (χ2n) is 5.38. The number of nitrogens with one attached hydrogen (secondary N) is 1. The molecule has 1 atom stereocenters. The number of nitriles is 1. The molecule has 2 heterocycles. The van der Waals surface area contributed by atoms with Crippen LogP contribution in [0, 0.1) is 17.1 Å². The minimum atomic E-state index is -4.97. The Morgan fingerprint density at radius 1 is 1.19 bits per heavy atom. The van der Waals surface area contributed by atoms with Gasteiger partial charge in [-0.2, -0.15) is 28.3 Å². The molecule has 0 spiro atoms. The minimum Gasteiger partial charge on any atom is -0.234 e. The maximum atomic E-state index is 13.4. The number of rotatable bonds is 4. The van der Waals surface area contributed by atoms with Crippen LogP contribution in [0.5, 0.6) is 0 Å². The third-order valence-electron chi connectivity index (χ3n) is 3.57. The average molecular weight is 399 g/mol. The van der Waals surface area contributed by atoms with Crippen LogP contribution >= 0.6 is 0 Å². The zero-order valence-corrected chi connectivity index (χ0v) is 14.0. The molecule has 3 rings (SSSR count). The molecule has 0 unspecified atom stereocenters. The maximum Gasteiger partial charge on any atom is 0.408 e. The highest BCUT2D eigenvalue weighted by molar-refractivity contribution is 7.89. The number of sulfonamides is 1. The van der Waals surface area contributed by atoms with E-state index in [9.17, 15) is 26.0 Å². The lowest BCUT2D eigenvalue weighted by Gasteiger charge is -2.22. The van der Waals surface area contributed by atoms with Crippen LogP contribution in [-0.4, -0.2) is 29.2 Å². The van der Waals surface area contributed by atoms with E-state index in [0.29, 0.717) is 0 Å². The normalized spacial score (nSPS) is 13.4. The van der Waals surface area contributed by atoms with Crippen LogP contribution in [0.4, 0.5) is 17.6 Å². The van der Waals surface area contributed by atoms with Crippen LogP contribution < -0.4 is 4.72 Å². The van der Waals surface area contributed by atoms with E-state index in [4.69, 9.17) is 5.26 Å². The van der Waals surface area contributed by atoms with Crippen molar-refractivity contribution in [2.24, 2.45) is 0 Å². The first kappa shape index (κ1) is 18.7. The summed E-state index contributed by atoms with van der Waals surface area (Å²) < 4.78 is 80.4. The molecule has 7 nitrogen and oxygen atoms in total. The van der Waals surface area contributed by atoms with Crippen molar-refractivity contribution in [3.05, 3.63) is 59.8 Å². The lowest BCUT2D eigenvalue weighted by atomic mass is 10.1. The quantitative estimate of drug-likeness (QED) is 0.679. The van der Waals surface area contributed by atoms with Crippen molar-refractivity contribution in [1.82, 2.24) is 19.3 Å². The Bertz CT molecular complexity index is 1130. The fourth-order valence-electron chi connectivity index (χ4n) is 2.28. The molecule has 0 saturated heterocycles. The van der Waals surface area contributed by atoms with Gasteiger partial charge in [-0.1, -0.05) is 12.1 Å². The van der Waals surface area contributed by atoms with E-state index in [1.54, 1.807) is 10.8 Å². The monoisotopic (exact) mass is 399 g/mol. The van der Waals surface area contributed by atoms with Crippen molar-refractivity contribution < 1.29 is 26.0 Å². The van der Waals surface area contributed by atoms with Crippen LogP contribution in [-0.2, 0) is 10.0 Å². The van der Waals surface area contributed by atoms with Gasteiger partial charge in [-0.25, -0.2) is 22.3 Å². The van der Waals surface area contributed by atoms with Gasteiger partial charge in [-0.05, 0) is 17.7 Å². The lowest BCUT2D eigenvalue weighted by molar-refractivity contribution is -0.153. The largest absolute Gasteiger partial charge is 0.408 e. The van der Waals surface area contributed by atoms with Gasteiger partial charge in [0, 0.05) is 0 Å². The SMILES string of the molecule is N#Cc1cnn2cc(S(=O)(=O)N[C@H](c3ccc(F)cc3)C(F)(F)F)cnc12. The summed E-state index contributed by atoms with van der Waals surface area (Å²) in [6.45, 7) is 0. The number of alkyl halides is 3. The molecule has 0 saturated carbocycles. The molecule has 0 aliphatic carbocycles. The second-order valence-corrected chi connectivity index (χ2v) is 7.09. The molecule has 12 heteroatoms. The third kappa shape index (κ3) is 3.74. The predicted octanol–water partition coefficient (Wildman–Crippen LogP) is 2.32. The summed E-state index contributed by atoms with van der Waals surface area (Å²) in [6.07, 6.45) is -2.08. The van der Waals surface area contributed by atoms with E-state index >= 15 is 0 Å². The van der Waals surface area contributed by atoms with Gasteiger partial charge in [-0.15, -0.1) is 0 Å². The maximum absolute atomic E-state index is 13.4. The van der Waals surface area contributed by atoms with Crippen LogP contribution in [0.15, 0.2) is 47.8 Å². The molecule has 1 N–H and O–H groups in total. The highest BCUT2D eigenvalue weighted by Crippen LogP contribution is 2.34. The van der Waals surface area contributed by atoms with Gasteiger partial charge in [0.15, 0.2) is 5.65 Å². The Morgan fingerprint density at radius 3 is 2.44 bits per heavy atom. The highest BCUT2D eigenvalue weighted by Gasteiger charge is 2.43. The van der Waals surface area contributed by atoms with Gasteiger partial charge in [-0.3, -0.25) is 0 Å². The van der Waals surface area contributed by atoms with E-state index < -0.39 is 38.5 Å². The first-order chi connectivity index (χ1) is 12.6. The third-order valence-corrected chi connectivity index (χ3v) is 4.94. The van der Waals surface area contributed by atoms with Crippen molar-refractivity contribution in [2.75, 3.05) is 0 Å². The molecular weight excluding hydrogens is 390 g/mol. The Kier molecular flexibility index (Phi) is 4.58. The fourth-order valence-corrected chi connectivity index (χ4v) is 3.42. The van der Waals surface area contributed by atoms with Crippen LogP contribution in [0.3, 0.4) is 0 Å². The van der Waals surface area contributed by atoms with Crippen molar-refractivity contribution in [3.63, 3.8) is 0 Å². The van der Waals surface area contributed by atoms with E-state index in [2.05, 4.69) is 10.1 Å². The number of aromatic nitrogens is 3. The smallest absolute Gasteiger partial charge is 0.234 e. The van der Waals surface area contributed by atoms with Crippen LogP contribution in [0.2, 0.25) is 0 Å². The van der Waals surface area contributed by atoms with Crippen molar-refractivity contribution >= 4 is 15.7 Å². The summed E-state index contributed by atoms with van der Waals surface area (Å²) >= 11 is 0. The van der Waals surface area contributed by atoms with Crippen molar-refractivity contribution in [1.29, 1.82) is 5.26 Å². The average Bonchev–Trinajstić information content (AvgIpc) is 3.02. The number of benzene rings is 1. The molecule has 0 radical (unpaired) electrons. The Labute approximate surface area is 149 Å². The van der Waals surface area contributed by atoms with Gasteiger partial charge in [0.25, 0.3) is 0 Å². The standard InChI is InChI=1S/C15H9F4N5O2S/c16-11-3-1-9(2-4-11)13(15(17,18)19)23-27(25,26)12-7-21-14-10(5-20)6-22-24(14)8-12/h1-4,6-8,13,23H/t13-/m1/s1. The Hall–Kier alpha value is -3.04. The number of fused-ring (bicyclic) bond motifs is 1. The van der Waals surface area contributed by atoms with E-state index in [1.807, 2.05) is 0 Å². The summed E-state index contributed by atoms with van der Waals surface area (Å²) in [6, 6.07) is 2.47. The lowest BCUT2D eigenvalue weighted by Crippen LogP contribution is -2.38.